The van der Waals surface area contributed by atoms with Crippen LogP contribution in [0.5, 0.6) is 0 Å². The molecule has 0 amide bonds. The van der Waals surface area contributed by atoms with Gasteiger partial charge in [0.2, 0.25) is 0 Å². The van der Waals surface area contributed by atoms with E-state index in [-0.39, 0.29) is 0 Å². The Balaban J connectivity index is 2.55. The van der Waals surface area contributed by atoms with E-state index in [0.717, 1.165) is 32.6 Å². The Labute approximate surface area is 106 Å². The highest BCUT2D eigenvalue weighted by molar-refractivity contribution is 5.48. The third kappa shape index (κ3) is 4.78. The topological polar surface area (TPSA) is 15.3 Å². The number of hydrogen-bond acceptors (Lipinski definition) is 2. The summed E-state index contributed by atoms with van der Waals surface area (Å²) >= 11 is 0. The fourth-order valence-corrected chi connectivity index (χ4v) is 1.92. The lowest BCUT2D eigenvalue weighted by atomic mass is 10.1. The molecular formula is C15H25N2. The first-order chi connectivity index (χ1) is 8.31. The van der Waals surface area contributed by atoms with Gasteiger partial charge in [0.05, 0.1) is 0 Å². The molecule has 0 saturated heterocycles. The third-order valence-corrected chi connectivity index (χ3v) is 2.89. The third-order valence-electron chi connectivity index (χ3n) is 2.89. The quantitative estimate of drug-likeness (QED) is 0.694. The highest BCUT2D eigenvalue weighted by atomic mass is 15.1. The van der Waals surface area contributed by atoms with Gasteiger partial charge in [-0.05, 0) is 44.0 Å². The van der Waals surface area contributed by atoms with E-state index in [1.165, 1.54) is 11.3 Å². The van der Waals surface area contributed by atoms with E-state index in [4.69, 9.17) is 0 Å². The molecule has 0 fully saturated rings. The van der Waals surface area contributed by atoms with Crippen molar-refractivity contribution in [2.75, 3.05) is 31.1 Å². The molecule has 1 aromatic rings. The number of rotatable bonds is 8. The van der Waals surface area contributed by atoms with Gasteiger partial charge >= 0.3 is 0 Å². The molecule has 0 aromatic heterocycles. The second-order valence-electron chi connectivity index (χ2n) is 4.14. The van der Waals surface area contributed by atoms with E-state index in [1.54, 1.807) is 0 Å². The molecule has 2 nitrogen and oxygen atoms in total. The van der Waals surface area contributed by atoms with Gasteiger partial charge in [-0.25, -0.2) is 0 Å². The summed E-state index contributed by atoms with van der Waals surface area (Å²) < 4.78 is 0. The van der Waals surface area contributed by atoms with E-state index in [0.29, 0.717) is 0 Å². The monoisotopic (exact) mass is 233 g/mol. The van der Waals surface area contributed by atoms with E-state index in [2.05, 4.69) is 61.7 Å². The number of nitrogens with zero attached hydrogens (tertiary/aromatic N) is 1. The zero-order chi connectivity index (χ0) is 12.5. The van der Waals surface area contributed by atoms with Crippen LogP contribution in [0, 0.1) is 6.42 Å². The molecule has 0 saturated carbocycles. The lowest BCUT2D eigenvalue weighted by Gasteiger charge is -2.23. The predicted molar refractivity (Wildman–Crippen MR) is 76.6 cm³/mol. The molecule has 1 N–H and O–H groups in total. The summed E-state index contributed by atoms with van der Waals surface area (Å²) in [6.07, 6.45) is 3.34. The van der Waals surface area contributed by atoms with Crippen molar-refractivity contribution in [1.82, 2.24) is 5.32 Å². The van der Waals surface area contributed by atoms with Crippen molar-refractivity contribution in [3.05, 3.63) is 36.2 Å². The summed E-state index contributed by atoms with van der Waals surface area (Å²) in [5.41, 5.74) is 2.64. The Bertz CT molecular complexity index is 292. The number of benzene rings is 1. The average molecular weight is 233 g/mol. The summed E-state index contributed by atoms with van der Waals surface area (Å²) in [5, 5.41) is 3.37. The Hall–Kier alpha value is -1.02. The van der Waals surface area contributed by atoms with Crippen LogP contribution in [0.15, 0.2) is 24.3 Å². The van der Waals surface area contributed by atoms with Gasteiger partial charge in [0, 0.05) is 25.3 Å². The SMILES string of the molecule is CC[CH]c1ccc(N(CC)CCNCC)cc1. The molecule has 0 aliphatic rings. The molecule has 0 heterocycles. The van der Waals surface area contributed by atoms with Gasteiger partial charge < -0.3 is 10.2 Å². The lowest BCUT2D eigenvalue weighted by Crippen LogP contribution is -2.31. The molecular weight excluding hydrogens is 208 g/mol. The summed E-state index contributed by atoms with van der Waals surface area (Å²) in [6, 6.07) is 8.84. The summed E-state index contributed by atoms with van der Waals surface area (Å²) in [5.74, 6) is 0. The van der Waals surface area contributed by atoms with Crippen molar-refractivity contribution in [2.24, 2.45) is 0 Å². The molecule has 95 valence electrons. The summed E-state index contributed by atoms with van der Waals surface area (Å²) in [6.45, 7) is 10.7. The Morgan fingerprint density at radius 3 is 2.35 bits per heavy atom. The second-order valence-corrected chi connectivity index (χ2v) is 4.14. The maximum atomic E-state index is 3.37. The largest absolute Gasteiger partial charge is 0.371 e. The van der Waals surface area contributed by atoms with Crippen LogP contribution in [0.1, 0.15) is 32.8 Å². The Morgan fingerprint density at radius 1 is 1.12 bits per heavy atom. The van der Waals surface area contributed by atoms with Crippen molar-refractivity contribution in [2.45, 2.75) is 27.2 Å². The maximum absolute atomic E-state index is 3.37. The van der Waals surface area contributed by atoms with Crippen LogP contribution in [-0.4, -0.2) is 26.2 Å². The van der Waals surface area contributed by atoms with Gasteiger partial charge in [0.15, 0.2) is 0 Å². The van der Waals surface area contributed by atoms with E-state index >= 15 is 0 Å². The van der Waals surface area contributed by atoms with Crippen LogP contribution in [0.3, 0.4) is 0 Å². The predicted octanol–water partition coefficient (Wildman–Crippen LogP) is 3.08. The molecule has 0 aliphatic carbocycles. The van der Waals surface area contributed by atoms with Crippen molar-refractivity contribution in [3.63, 3.8) is 0 Å². The normalized spacial score (nSPS) is 10.5. The van der Waals surface area contributed by atoms with Gasteiger partial charge in [0.1, 0.15) is 0 Å². The van der Waals surface area contributed by atoms with E-state index in [1.807, 2.05) is 0 Å². The smallest absolute Gasteiger partial charge is 0.0366 e. The molecule has 17 heavy (non-hydrogen) atoms. The Kier molecular flexibility index (Phi) is 6.71. The van der Waals surface area contributed by atoms with Crippen LogP contribution in [-0.2, 0) is 0 Å². The molecule has 1 aromatic carbocycles. The van der Waals surface area contributed by atoms with Crippen molar-refractivity contribution < 1.29 is 0 Å². The first-order valence-corrected chi connectivity index (χ1v) is 6.70. The minimum absolute atomic E-state index is 1.04. The van der Waals surface area contributed by atoms with Crippen LogP contribution in [0.25, 0.3) is 0 Å². The van der Waals surface area contributed by atoms with Crippen LogP contribution >= 0.6 is 0 Å². The zero-order valence-electron chi connectivity index (χ0n) is 11.4. The second kappa shape index (κ2) is 8.13. The fraction of sp³-hybridized carbons (Fsp3) is 0.533. The number of likely N-dealkylation sites (N-methyl/N-ethyl adjacent to an activating group) is 2. The molecule has 2 heteroatoms. The summed E-state index contributed by atoms with van der Waals surface area (Å²) in [4.78, 5) is 2.40. The van der Waals surface area contributed by atoms with Crippen molar-refractivity contribution in [3.8, 4) is 0 Å². The fourth-order valence-electron chi connectivity index (χ4n) is 1.92. The van der Waals surface area contributed by atoms with E-state index < -0.39 is 0 Å². The molecule has 1 radical (unpaired) electrons. The standard InChI is InChI=1S/C15H25N2/c1-4-7-14-8-10-15(11-9-14)17(6-3)13-12-16-5-2/h7-11,16H,4-6,12-13H2,1-3H3. The van der Waals surface area contributed by atoms with Crippen LogP contribution < -0.4 is 10.2 Å². The number of anilines is 1. The van der Waals surface area contributed by atoms with Crippen molar-refractivity contribution >= 4 is 5.69 Å². The molecule has 0 spiro atoms. The lowest BCUT2D eigenvalue weighted by molar-refractivity contribution is 0.688. The minimum Gasteiger partial charge on any atom is -0.371 e. The van der Waals surface area contributed by atoms with Gasteiger partial charge in [0.25, 0.3) is 0 Å². The Morgan fingerprint density at radius 2 is 1.82 bits per heavy atom. The number of nitrogens with one attached hydrogen (secondary N) is 1. The zero-order valence-corrected chi connectivity index (χ0v) is 11.4. The highest BCUT2D eigenvalue weighted by Gasteiger charge is 2.03. The molecule has 0 bridgehead atoms. The first kappa shape index (κ1) is 14.0. The van der Waals surface area contributed by atoms with Gasteiger partial charge in [-0.2, -0.15) is 0 Å². The molecule has 1 rings (SSSR count). The van der Waals surface area contributed by atoms with Gasteiger partial charge in [-0.15, -0.1) is 0 Å². The molecule has 0 aliphatic heterocycles. The average Bonchev–Trinajstić information content (AvgIpc) is 2.36. The maximum Gasteiger partial charge on any atom is 0.0366 e. The first-order valence-electron chi connectivity index (χ1n) is 6.70. The van der Waals surface area contributed by atoms with Crippen molar-refractivity contribution in [1.29, 1.82) is 0 Å². The van der Waals surface area contributed by atoms with Gasteiger partial charge in [-0.1, -0.05) is 26.0 Å². The highest BCUT2D eigenvalue weighted by Crippen LogP contribution is 2.16. The van der Waals surface area contributed by atoms with E-state index in [9.17, 15) is 0 Å². The van der Waals surface area contributed by atoms with Crippen LogP contribution in [0.2, 0.25) is 0 Å². The summed E-state index contributed by atoms with van der Waals surface area (Å²) in [7, 11) is 0. The molecule has 0 atom stereocenters. The number of hydrogen-bond donors (Lipinski definition) is 1. The van der Waals surface area contributed by atoms with Crippen LogP contribution in [0.4, 0.5) is 5.69 Å². The minimum atomic E-state index is 1.04. The van der Waals surface area contributed by atoms with Gasteiger partial charge in [-0.3, -0.25) is 0 Å². The molecule has 0 unspecified atom stereocenters.